The summed E-state index contributed by atoms with van der Waals surface area (Å²) in [5, 5.41) is 34.4. The van der Waals surface area contributed by atoms with E-state index in [2.05, 4.69) is 6.58 Å². The fourth-order valence-electron chi connectivity index (χ4n) is 6.09. The van der Waals surface area contributed by atoms with Gasteiger partial charge in [0.1, 0.15) is 6.10 Å². The number of Topliss-reactive ketones (excluding diaryl/α,β-unsaturated/α-hetero) is 1. The largest absolute Gasteiger partial charge is 0.457 e. The van der Waals surface area contributed by atoms with E-state index < -0.39 is 64.1 Å². The summed E-state index contributed by atoms with van der Waals surface area (Å²) in [7, 11) is 0. The van der Waals surface area contributed by atoms with Gasteiger partial charge in [0.15, 0.2) is 17.5 Å². The van der Waals surface area contributed by atoms with Crippen molar-refractivity contribution in [1.82, 2.24) is 0 Å². The number of ether oxygens (including phenoxy) is 2. The Morgan fingerprint density at radius 1 is 1.31 bits per heavy atom. The number of aliphatic hydroxyl groups is 3. The molecule has 0 aromatic heterocycles. The van der Waals surface area contributed by atoms with Crippen LogP contribution in [-0.4, -0.2) is 62.7 Å². The Bertz CT molecular complexity index is 718. The number of hydrogen-bond acceptors (Lipinski definition) is 7. The van der Waals surface area contributed by atoms with Crippen LogP contribution in [-0.2, 0) is 19.1 Å². The van der Waals surface area contributed by atoms with Crippen LogP contribution in [0.1, 0.15) is 60.3 Å². The standard InChI is InChI=1S/C22H34O7/c1-7-14(25)28-16-15(26)17-19(3,4)10-9-12(23)21(17,6)22(27)13(24)11-20(5,8-2)29-18(16)22/h8,12,15-18,23,26-27H,2,7,9-11H2,1,3-6H3/t12-,15?,16?,17-,18+,20-,21?,22+/m0/s1. The second-order valence-corrected chi connectivity index (χ2v) is 10.0. The second kappa shape index (κ2) is 6.87. The lowest BCUT2D eigenvalue weighted by Crippen LogP contribution is -2.82. The maximum atomic E-state index is 13.4. The molecular formula is C22H34O7. The van der Waals surface area contributed by atoms with Crippen LogP contribution in [0.15, 0.2) is 12.7 Å². The highest BCUT2D eigenvalue weighted by Crippen LogP contribution is 2.64. The first-order chi connectivity index (χ1) is 13.3. The van der Waals surface area contributed by atoms with E-state index >= 15 is 0 Å². The van der Waals surface area contributed by atoms with Crippen LogP contribution in [0.2, 0.25) is 0 Å². The molecule has 7 nitrogen and oxygen atoms in total. The van der Waals surface area contributed by atoms with Gasteiger partial charge in [0, 0.05) is 24.2 Å². The van der Waals surface area contributed by atoms with E-state index in [1.54, 1.807) is 20.8 Å². The van der Waals surface area contributed by atoms with Gasteiger partial charge in [0.2, 0.25) is 0 Å². The van der Waals surface area contributed by atoms with Gasteiger partial charge in [-0.2, -0.15) is 0 Å². The molecule has 164 valence electrons. The SMILES string of the molecule is C=C[C@@]1(C)CC(=O)[C@@]2(O)[C@H](O1)C(OC(=O)CC)C(O)[C@H]1C(C)(C)CC[C@H](O)C12C. The predicted octanol–water partition coefficient (Wildman–Crippen LogP) is 1.52. The van der Waals surface area contributed by atoms with Crippen LogP contribution >= 0.6 is 0 Å². The van der Waals surface area contributed by atoms with Crippen LogP contribution in [0.3, 0.4) is 0 Å². The molecule has 1 saturated heterocycles. The molecule has 0 aromatic carbocycles. The second-order valence-electron chi connectivity index (χ2n) is 10.0. The lowest BCUT2D eigenvalue weighted by Gasteiger charge is -2.67. The van der Waals surface area contributed by atoms with Gasteiger partial charge >= 0.3 is 5.97 Å². The molecule has 3 rings (SSSR count). The number of esters is 1. The zero-order chi connectivity index (χ0) is 22.0. The summed E-state index contributed by atoms with van der Waals surface area (Å²) in [6.07, 6.45) is -2.38. The molecule has 3 aliphatic rings. The molecule has 1 heterocycles. The van der Waals surface area contributed by atoms with Crippen molar-refractivity contribution in [2.24, 2.45) is 16.7 Å². The van der Waals surface area contributed by atoms with Gasteiger partial charge in [-0.15, -0.1) is 6.58 Å². The molecule has 0 radical (unpaired) electrons. The first kappa shape index (κ1) is 22.4. The number of rotatable bonds is 3. The van der Waals surface area contributed by atoms with Crippen LogP contribution in [0.4, 0.5) is 0 Å². The summed E-state index contributed by atoms with van der Waals surface area (Å²) in [5.41, 5.74) is -5.07. The number of aliphatic hydroxyl groups excluding tert-OH is 2. The van der Waals surface area contributed by atoms with Crippen molar-refractivity contribution < 1.29 is 34.4 Å². The number of hydrogen-bond donors (Lipinski definition) is 3. The average Bonchev–Trinajstić information content (AvgIpc) is 2.64. The van der Waals surface area contributed by atoms with Crippen molar-refractivity contribution in [1.29, 1.82) is 0 Å². The molecule has 2 saturated carbocycles. The van der Waals surface area contributed by atoms with Gasteiger partial charge in [-0.05, 0) is 25.2 Å². The molecular weight excluding hydrogens is 376 g/mol. The summed E-state index contributed by atoms with van der Waals surface area (Å²) in [6, 6.07) is 0. The van der Waals surface area contributed by atoms with Crippen molar-refractivity contribution in [2.45, 2.75) is 95.9 Å². The highest BCUT2D eigenvalue weighted by molar-refractivity contribution is 5.91. The van der Waals surface area contributed by atoms with Gasteiger partial charge in [0.05, 0.1) is 17.8 Å². The highest BCUT2D eigenvalue weighted by Gasteiger charge is 2.76. The van der Waals surface area contributed by atoms with E-state index in [-0.39, 0.29) is 12.8 Å². The molecule has 3 unspecified atom stereocenters. The summed E-state index contributed by atoms with van der Waals surface area (Å²) in [5.74, 6) is -1.74. The molecule has 3 N–H and O–H groups in total. The molecule has 0 spiro atoms. The molecule has 29 heavy (non-hydrogen) atoms. The quantitative estimate of drug-likeness (QED) is 0.477. The Labute approximate surface area is 172 Å². The lowest BCUT2D eigenvalue weighted by molar-refractivity contribution is -0.336. The van der Waals surface area contributed by atoms with Crippen LogP contribution in [0.5, 0.6) is 0 Å². The normalized spacial score (nSPS) is 49.0. The maximum Gasteiger partial charge on any atom is 0.305 e. The summed E-state index contributed by atoms with van der Waals surface area (Å²) >= 11 is 0. The highest BCUT2D eigenvalue weighted by atomic mass is 16.6. The fourth-order valence-corrected chi connectivity index (χ4v) is 6.09. The molecule has 7 heteroatoms. The Hall–Kier alpha value is -1.28. The van der Waals surface area contributed by atoms with Gasteiger partial charge in [-0.25, -0.2) is 0 Å². The first-order valence-electron chi connectivity index (χ1n) is 10.4. The Kier molecular flexibility index (Phi) is 5.31. The number of ketones is 1. The van der Waals surface area contributed by atoms with E-state index in [0.717, 1.165) is 0 Å². The van der Waals surface area contributed by atoms with E-state index in [0.29, 0.717) is 12.8 Å². The third kappa shape index (κ3) is 2.92. The van der Waals surface area contributed by atoms with Crippen molar-refractivity contribution in [2.75, 3.05) is 0 Å². The Morgan fingerprint density at radius 3 is 2.48 bits per heavy atom. The molecule has 8 atom stereocenters. The van der Waals surface area contributed by atoms with Crippen molar-refractivity contribution >= 4 is 11.8 Å². The Morgan fingerprint density at radius 2 is 1.93 bits per heavy atom. The van der Waals surface area contributed by atoms with Gasteiger partial charge in [-0.3, -0.25) is 9.59 Å². The first-order valence-corrected chi connectivity index (χ1v) is 10.4. The van der Waals surface area contributed by atoms with Gasteiger partial charge in [-0.1, -0.05) is 33.8 Å². The summed E-state index contributed by atoms with van der Waals surface area (Å²) in [4.78, 5) is 25.6. The minimum Gasteiger partial charge on any atom is -0.457 e. The van der Waals surface area contributed by atoms with Crippen molar-refractivity contribution in [3.05, 3.63) is 12.7 Å². The summed E-state index contributed by atoms with van der Waals surface area (Å²) in [6.45, 7) is 12.6. The minimum atomic E-state index is -2.12. The summed E-state index contributed by atoms with van der Waals surface area (Å²) < 4.78 is 11.7. The molecule has 0 bridgehead atoms. The topological polar surface area (TPSA) is 113 Å². The number of carbonyl (C=O) groups is 2. The van der Waals surface area contributed by atoms with Gasteiger partial charge < -0.3 is 24.8 Å². The third-order valence-corrected chi connectivity index (χ3v) is 7.77. The van der Waals surface area contributed by atoms with Crippen LogP contribution in [0, 0.1) is 16.7 Å². The molecule has 1 aliphatic heterocycles. The molecule has 2 aliphatic carbocycles. The van der Waals surface area contributed by atoms with Crippen molar-refractivity contribution in [3.8, 4) is 0 Å². The van der Waals surface area contributed by atoms with E-state index in [1.165, 1.54) is 6.08 Å². The predicted molar refractivity (Wildman–Crippen MR) is 105 cm³/mol. The van der Waals surface area contributed by atoms with E-state index in [9.17, 15) is 24.9 Å². The van der Waals surface area contributed by atoms with Crippen molar-refractivity contribution in [3.63, 3.8) is 0 Å². The monoisotopic (exact) mass is 410 g/mol. The number of carbonyl (C=O) groups excluding carboxylic acids is 2. The van der Waals surface area contributed by atoms with Gasteiger partial charge in [0.25, 0.3) is 0 Å². The third-order valence-electron chi connectivity index (χ3n) is 7.77. The minimum absolute atomic E-state index is 0.0784. The van der Waals surface area contributed by atoms with Crippen LogP contribution in [0.25, 0.3) is 0 Å². The smallest absolute Gasteiger partial charge is 0.305 e. The molecule has 3 fully saturated rings. The van der Waals surface area contributed by atoms with E-state index in [4.69, 9.17) is 9.47 Å². The molecule has 0 aromatic rings. The zero-order valence-electron chi connectivity index (χ0n) is 18.0. The average molecular weight is 411 g/mol. The Balaban J connectivity index is 2.23. The molecule has 0 amide bonds. The van der Waals surface area contributed by atoms with Crippen LogP contribution < -0.4 is 0 Å². The number of fused-ring (bicyclic) bond motifs is 3. The maximum absolute atomic E-state index is 13.4. The lowest BCUT2D eigenvalue weighted by atomic mass is 9.42. The zero-order valence-corrected chi connectivity index (χ0v) is 18.0. The fraction of sp³-hybridized carbons (Fsp3) is 0.818. The van der Waals surface area contributed by atoms with E-state index in [1.807, 2.05) is 13.8 Å².